The Labute approximate surface area is 125 Å². The molecule has 1 aliphatic heterocycles. The van der Waals surface area contributed by atoms with E-state index < -0.39 is 0 Å². The molecule has 0 amide bonds. The summed E-state index contributed by atoms with van der Waals surface area (Å²) in [7, 11) is 0. The van der Waals surface area contributed by atoms with Crippen LogP contribution in [-0.4, -0.2) is 48.8 Å². The van der Waals surface area contributed by atoms with Crippen molar-refractivity contribution in [2.24, 2.45) is 11.3 Å². The van der Waals surface area contributed by atoms with Gasteiger partial charge in [-0.05, 0) is 31.1 Å². The lowest BCUT2D eigenvalue weighted by molar-refractivity contribution is -0.0780. The molecule has 1 heterocycles. The Balaban J connectivity index is 1.98. The van der Waals surface area contributed by atoms with E-state index in [2.05, 4.69) is 51.8 Å². The van der Waals surface area contributed by atoms with E-state index in [9.17, 15) is 0 Å². The van der Waals surface area contributed by atoms with Gasteiger partial charge in [0.15, 0.2) is 0 Å². The van der Waals surface area contributed by atoms with Gasteiger partial charge in [-0.1, -0.05) is 34.6 Å². The maximum absolute atomic E-state index is 5.75. The van der Waals surface area contributed by atoms with Crippen LogP contribution >= 0.6 is 0 Å². The molecule has 0 radical (unpaired) electrons. The second-order valence-electron chi connectivity index (χ2n) is 8.04. The van der Waals surface area contributed by atoms with Crippen LogP contribution in [-0.2, 0) is 4.74 Å². The molecule has 0 aromatic rings. The monoisotopic (exact) mass is 282 g/mol. The van der Waals surface area contributed by atoms with E-state index in [1.807, 2.05) is 0 Å². The molecule has 0 aromatic heterocycles. The lowest BCUT2D eigenvalue weighted by Crippen LogP contribution is -2.66. The Morgan fingerprint density at radius 2 is 1.90 bits per heavy atom. The molecule has 2 fully saturated rings. The topological polar surface area (TPSA) is 24.5 Å². The minimum Gasteiger partial charge on any atom is -0.378 e. The van der Waals surface area contributed by atoms with Crippen molar-refractivity contribution in [3.63, 3.8) is 0 Å². The Bertz CT molecular complexity index is 305. The van der Waals surface area contributed by atoms with Crippen LogP contribution in [0.5, 0.6) is 0 Å². The van der Waals surface area contributed by atoms with E-state index in [0.717, 1.165) is 25.1 Å². The fraction of sp³-hybridized carbons (Fsp3) is 1.00. The Hall–Kier alpha value is -0.120. The molecular weight excluding hydrogens is 248 g/mol. The lowest BCUT2D eigenvalue weighted by atomic mass is 9.80. The second kappa shape index (κ2) is 6.33. The third-order valence-electron chi connectivity index (χ3n) is 5.15. The first-order valence-electron chi connectivity index (χ1n) is 8.43. The summed E-state index contributed by atoms with van der Waals surface area (Å²) in [4.78, 5) is 2.78. The van der Waals surface area contributed by atoms with Crippen LogP contribution in [0.4, 0.5) is 0 Å². The van der Waals surface area contributed by atoms with Crippen LogP contribution < -0.4 is 5.32 Å². The highest BCUT2D eigenvalue weighted by Gasteiger charge is 2.42. The maximum Gasteiger partial charge on any atom is 0.0604 e. The first-order valence-corrected chi connectivity index (χ1v) is 8.43. The van der Waals surface area contributed by atoms with Crippen LogP contribution in [0.1, 0.15) is 54.4 Å². The third kappa shape index (κ3) is 3.55. The summed E-state index contributed by atoms with van der Waals surface area (Å²) in [6.07, 6.45) is 2.97. The average molecular weight is 282 g/mol. The van der Waals surface area contributed by atoms with Crippen molar-refractivity contribution >= 4 is 0 Å². The summed E-state index contributed by atoms with van der Waals surface area (Å²) in [5, 5.41) is 3.79. The van der Waals surface area contributed by atoms with Gasteiger partial charge >= 0.3 is 0 Å². The smallest absolute Gasteiger partial charge is 0.0604 e. The Morgan fingerprint density at radius 1 is 1.25 bits per heavy atom. The fourth-order valence-electron chi connectivity index (χ4n) is 3.59. The molecule has 3 nitrogen and oxygen atoms in total. The van der Waals surface area contributed by atoms with E-state index in [1.54, 1.807) is 0 Å². The standard InChI is InChI=1S/C17H34N2O/c1-7-20-14-8-13(9-14)19-11-16(17(4,5)6)18-10-15(19)12(2)3/h12-16,18H,7-11H2,1-6H3. The Kier molecular flexibility index (Phi) is 5.14. The Morgan fingerprint density at radius 3 is 2.40 bits per heavy atom. The average Bonchev–Trinajstić information content (AvgIpc) is 2.31. The molecular formula is C17H34N2O. The SMILES string of the molecule is CCOC1CC(N2CC(C(C)(C)C)NCC2C(C)C)C1. The van der Waals surface area contributed by atoms with Gasteiger partial charge in [-0.2, -0.15) is 0 Å². The van der Waals surface area contributed by atoms with E-state index in [4.69, 9.17) is 4.74 Å². The zero-order chi connectivity index (χ0) is 14.9. The van der Waals surface area contributed by atoms with Crippen molar-refractivity contribution in [2.75, 3.05) is 19.7 Å². The van der Waals surface area contributed by atoms with E-state index in [-0.39, 0.29) is 0 Å². The van der Waals surface area contributed by atoms with E-state index in [1.165, 1.54) is 19.4 Å². The summed E-state index contributed by atoms with van der Waals surface area (Å²) in [6.45, 7) is 17.0. The van der Waals surface area contributed by atoms with Crippen molar-refractivity contribution in [2.45, 2.75) is 78.6 Å². The molecule has 2 unspecified atom stereocenters. The quantitative estimate of drug-likeness (QED) is 0.858. The largest absolute Gasteiger partial charge is 0.378 e. The highest BCUT2D eigenvalue weighted by molar-refractivity contribution is 4.99. The van der Waals surface area contributed by atoms with Crippen LogP contribution in [0, 0.1) is 11.3 Å². The zero-order valence-corrected chi connectivity index (χ0v) is 14.3. The molecule has 0 bridgehead atoms. The van der Waals surface area contributed by atoms with E-state index in [0.29, 0.717) is 23.6 Å². The molecule has 2 atom stereocenters. The molecule has 1 N–H and O–H groups in total. The van der Waals surface area contributed by atoms with Crippen LogP contribution in [0.3, 0.4) is 0 Å². The third-order valence-corrected chi connectivity index (χ3v) is 5.15. The molecule has 1 aliphatic carbocycles. The van der Waals surface area contributed by atoms with Crippen molar-refractivity contribution < 1.29 is 4.74 Å². The number of nitrogens with zero attached hydrogens (tertiary/aromatic N) is 1. The van der Waals surface area contributed by atoms with Crippen molar-refractivity contribution in [1.29, 1.82) is 0 Å². The van der Waals surface area contributed by atoms with Gasteiger partial charge in [0.25, 0.3) is 0 Å². The summed E-state index contributed by atoms with van der Waals surface area (Å²) in [5.41, 5.74) is 0.337. The molecule has 118 valence electrons. The van der Waals surface area contributed by atoms with Gasteiger partial charge in [0, 0.05) is 37.8 Å². The van der Waals surface area contributed by atoms with Gasteiger partial charge in [-0.15, -0.1) is 0 Å². The van der Waals surface area contributed by atoms with Gasteiger partial charge in [0.2, 0.25) is 0 Å². The van der Waals surface area contributed by atoms with E-state index >= 15 is 0 Å². The second-order valence-corrected chi connectivity index (χ2v) is 8.04. The number of hydrogen-bond acceptors (Lipinski definition) is 3. The number of nitrogens with one attached hydrogen (secondary N) is 1. The highest BCUT2D eigenvalue weighted by atomic mass is 16.5. The first-order chi connectivity index (χ1) is 9.32. The van der Waals surface area contributed by atoms with Crippen LogP contribution in [0.25, 0.3) is 0 Å². The van der Waals surface area contributed by atoms with Gasteiger partial charge in [0.05, 0.1) is 6.10 Å². The molecule has 20 heavy (non-hydrogen) atoms. The van der Waals surface area contributed by atoms with Gasteiger partial charge in [0.1, 0.15) is 0 Å². The van der Waals surface area contributed by atoms with Crippen molar-refractivity contribution in [3.8, 4) is 0 Å². The number of piperazine rings is 1. The highest BCUT2D eigenvalue weighted by Crippen LogP contribution is 2.34. The van der Waals surface area contributed by atoms with Crippen LogP contribution in [0.15, 0.2) is 0 Å². The molecule has 0 aromatic carbocycles. The maximum atomic E-state index is 5.75. The minimum absolute atomic E-state index is 0.337. The van der Waals surface area contributed by atoms with Crippen molar-refractivity contribution in [3.05, 3.63) is 0 Å². The molecule has 3 heteroatoms. The molecule has 1 saturated heterocycles. The number of ether oxygens (including phenoxy) is 1. The fourth-order valence-corrected chi connectivity index (χ4v) is 3.59. The van der Waals surface area contributed by atoms with Gasteiger partial charge in [-0.25, -0.2) is 0 Å². The summed E-state index contributed by atoms with van der Waals surface area (Å²) < 4.78 is 5.75. The summed E-state index contributed by atoms with van der Waals surface area (Å²) in [5.74, 6) is 0.717. The molecule has 2 rings (SSSR count). The first kappa shape index (κ1) is 16.3. The predicted molar refractivity (Wildman–Crippen MR) is 85.0 cm³/mol. The molecule has 1 saturated carbocycles. The number of rotatable bonds is 4. The lowest BCUT2D eigenvalue weighted by Gasteiger charge is -2.53. The minimum atomic E-state index is 0.337. The zero-order valence-electron chi connectivity index (χ0n) is 14.3. The van der Waals surface area contributed by atoms with Crippen molar-refractivity contribution in [1.82, 2.24) is 10.2 Å². The van der Waals surface area contributed by atoms with Gasteiger partial charge < -0.3 is 10.1 Å². The number of hydrogen-bond donors (Lipinski definition) is 1. The summed E-state index contributed by atoms with van der Waals surface area (Å²) >= 11 is 0. The van der Waals surface area contributed by atoms with Gasteiger partial charge in [-0.3, -0.25) is 4.90 Å². The molecule has 0 spiro atoms. The predicted octanol–water partition coefficient (Wildman–Crippen LogP) is 2.90. The normalized spacial score (nSPS) is 36.1. The summed E-state index contributed by atoms with van der Waals surface area (Å²) in [6, 6.07) is 2.02. The van der Waals surface area contributed by atoms with Crippen LogP contribution in [0.2, 0.25) is 0 Å². The molecule has 2 aliphatic rings.